The normalized spacial score (nSPS) is 10.9. The fraction of sp³-hybridized carbons (Fsp3) is 0.0667. The highest BCUT2D eigenvalue weighted by Crippen LogP contribution is 2.33. The summed E-state index contributed by atoms with van der Waals surface area (Å²) in [6.07, 6.45) is 0. The minimum absolute atomic E-state index is 0.195. The molecule has 106 valence electrons. The molecule has 0 atom stereocenters. The highest BCUT2D eigenvalue weighted by molar-refractivity contribution is 9.10. The molecule has 0 aliphatic carbocycles. The smallest absolute Gasteiger partial charge is 0.168 e. The molecule has 21 heavy (non-hydrogen) atoms. The fourth-order valence-electron chi connectivity index (χ4n) is 2.07. The Kier molecular flexibility index (Phi) is 3.78. The Labute approximate surface area is 133 Å². The predicted octanol–water partition coefficient (Wildman–Crippen LogP) is 4.86. The third-order valence-electron chi connectivity index (χ3n) is 3.03. The zero-order valence-corrected chi connectivity index (χ0v) is 13.2. The van der Waals surface area contributed by atoms with Gasteiger partial charge in [-0.15, -0.1) is 0 Å². The van der Waals surface area contributed by atoms with Gasteiger partial charge in [-0.3, -0.25) is 0 Å². The summed E-state index contributed by atoms with van der Waals surface area (Å²) >= 11 is 9.56. The number of fused-ring (bicyclic) bond motifs is 1. The molecule has 0 saturated heterocycles. The quantitative estimate of drug-likeness (QED) is 0.607. The van der Waals surface area contributed by atoms with Crippen LogP contribution in [0.5, 0.6) is 5.75 Å². The Hall–Kier alpha value is -1.72. The maximum Gasteiger partial charge on any atom is 0.168 e. The molecule has 0 N–H and O–H groups in total. The number of ether oxygens (including phenoxy) is 1. The summed E-state index contributed by atoms with van der Waals surface area (Å²) in [5.41, 5.74) is 0.827. The van der Waals surface area contributed by atoms with Gasteiger partial charge in [0.15, 0.2) is 5.82 Å². The zero-order chi connectivity index (χ0) is 15.0. The van der Waals surface area contributed by atoms with Crippen molar-refractivity contribution in [1.82, 2.24) is 9.97 Å². The van der Waals surface area contributed by atoms with E-state index in [1.807, 2.05) is 12.1 Å². The van der Waals surface area contributed by atoms with Crippen LogP contribution in [0.4, 0.5) is 4.39 Å². The average Bonchev–Trinajstić information content (AvgIpc) is 2.46. The van der Waals surface area contributed by atoms with Gasteiger partial charge in [-0.25, -0.2) is 14.4 Å². The summed E-state index contributed by atoms with van der Waals surface area (Å²) in [5.74, 6) is 0.0979. The van der Waals surface area contributed by atoms with Gasteiger partial charge in [0.1, 0.15) is 16.7 Å². The topological polar surface area (TPSA) is 35.0 Å². The van der Waals surface area contributed by atoms with Crippen molar-refractivity contribution in [1.29, 1.82) is 0 Å². The molecule has 3 nitrogen and oxygen atoms in total. The lowest BCUT2D eigenvalue weighted by atomic mass is 10.1. The zero-order valence-electron chi connectivity index (χ0n) is 10.9. The van der Waals surface area contributed by atoms with Gasteiger partial charge in [-0.2, -0.15) is 0 Å². The van der Waals surface area contributed by atoms with E-state index in [4.69, 9.17) is 16.3 Å². The molecule has 3 rings (SSSR count). The second-order valence-electron chi connectivity index (χ2n) is 4.32. The summed E-state index contributed by atoms with van der Waals surface area (Å²) < 4.78 is 20.2. The molecule has 2 aromatic carbocycles. The summed E-state index contributed by atoms with van der Waals surface area (Å²) in [5, 5.41) is 0.978. The van der Waals surface area contributed by atoms with E-state index in [-0.39, 0.29) is 16.5 Å². The molecule has 0 unspecified atom stereocenters. The van der Waals surface area contributed by atoms with Gasteiger partial charge < -0.3 is 4.74 Å². The molecule has 0 bridgehead atoms. The molecule has 0 radical (unpaired) electrons. The lowest BCUT2D eigenvalue weighted by molar-refractivity contribution is 0.413. The molecule has 0 amide bonds. The minimum Gasteiger partial charge on any atom is -0.496 e. The van der Waals surface area contributed by atoms with Crippen LogP contribution in [-0.2, 0) is 0 Å². The molecule has 1 aromatic heterocycles. The number of hydrogen-bond donors (Lipinski definition) is 0. The predicted molar refractivity (Wildman–Crippen MR) is 84.2 cm³/mol. The summed E-state index contributed by atoms with van der Waals surface area (Å²) in [6.45, 7) is 0. The van der Waals surface area contributed by atoms with Crippen LogP contribution >= 0.6 is 27.5 Å². The van der Waals surface area contributed by atoms with Crippen molar-refractivity contribution in [2.24, 2.45) is 0 Å². The lowest BCUT2D eigenvalue weighted by Gasteiger charge is -2.10. The highest BCUT2D eigenvalue weighted by atomic mass is 79.9. The van der Waals surface area contributed by atoms with Crippen LogP contribution in [0.2, 0.25) is 5.15 Å². The Bertz CT molecular complexity index is 841. The highest BCUT2D eigenvalue weighted by Gasteiger charge is 2.16. The lowest BCUT2D eigenvalue weighted by Crippen LogP contribution is -1.97. The van der Waals surface area contributed by atoms with Crippen LogP contribution < -0.4 is 4.74 Å². The van der Waals surface area contributed by atoms with Crippen LogP contribution in [-0.4, -0.2) is 17.1 Å². The monoisotopic (exact) mass is 366 g/mol. The SMILES string of the molecule is COc1cccc(F)c1-c1nc(Cl)c2ccc(Br)cc2n1. The van der Waals surface area contributed by atoms with Crippen LogP contribution in [0.25, 0.3) is 22.3 Å². The van der Waals surface area contributed by atoms with Gasteiger partial charge in [0.2, 0.25) is 0 Å². The molecular weight excluding hydrogens is 359 g/mol. The molecule has 0 fully saturated rings. The van der Waals surface area contributed by atoms with E-state index in [9.17, 15) is 4.39 Å². The van der Waals surface area contributed by atoms with Gasteiger partial charge in [-0.1, -0.05) is 33.6 Å². The van der Waals surface area contributed by atoms with E-state index in [1.165, 1.54) is 13.2 Å². The van der Waals surface area contributed by atoms with Gasteiger partial charge in [0.05, 0.1) is 18.2 Å². The Morgan fingerprint density at radius 3 is 2.76 bits per heavy atom. The number of rotatable bonds is 2. The van der Waals surface area contributed by atoms with Gasteiger partial charge in [0.25, 0.3) is 0 Å². The minimum atomic E-state index is -0.459. The van der Waals surface area contributed by atoms with E-state index < -0.39 is 5.82 Å². The first-order valence-corrected chi connectivity index (χ1v) is 7.23. The van der Waals surface area contributed by atoms with Crippen LogP contribution in [0.3, 0.4) is 0 Å². The molecule has 6 heteroatoms. The molecular formula is C15H9BrClFN2O. The molecule has 3 aromatic rings. The number of hydrogen-bond acceptors (Lipinski definition) is 3. The third kappa shape index (κ3) is 2.59. The summed E-state index contributed by atoms with van der Waals surface area (Å²) in [4.78, 5) is 8.58. The van der Waals surface area contributed by atoms with E-state index in [0.717, 1.165) is 4.47 Å². The maximum atomic E-state index is 14.1. The van der Waals surface area contributed by atoms with E-state index >= 15 is 0 Å². The number of benzene rings is 2. The number of halogens is 3. The van der Waals surface area contributed by atoms with Crippen molar-refractivity contribution < 1.29 is 9.13 Å². The number of aromatic nitrogens is 2. The average molecular weight is 368 g/mol. The standard InChI is InChI=1S/C15H9BrClFN2O/c1-21-12-4-2-3-10(18)13(12)15-19-11-7-8(16)5-6-9(11)14(17)20-15/h2-7H,1H3. The van der Waals surface area contributed by atoms with Crippen molar-refractivity contribution in [3.05, 3.63) is 51.8 Å². The van der Waals surface area contributed by atoms with Gasteiger partial charge in [-0.05, 0) is 30.3 Å². The second kappa shape index (κ2) is 5.58. The molecule has 0 aliphatic rings. The second-order valence-corrected chi connectivity index (χ2v) is 5.59. The first-order chi connectivity index (χ1) is 10.1. The van der Waals surface area contributed by atoms with Crippen LogP contribution in [0.15, 0.2) is 40.9 Å². The van der Waals surface area contributed by atoms with E-state index in [1.54, 1.807) is 18.2 Å². The van der Waals surface area contributed by atoms with Gasteiger partial charge in [0, 0.05) is 9.86 Å². The number of nitrogens with zero attached hydrogens (tertiary/aromatic N) is 2. The largest absolute Gasteiger partial charge is 0.496 e. The third-order valence-corrected chi connectivity index (χ3v) is 3.81. The molecule has 0 saturated carbocycles. The van der Waals surface area contributed by atoms with Crippen LogP contribution in [0.1, 0.15) is 0 Å². The van der Waals surface area contributed by atoms with E-state index in [0.29, 0.717) is 16.7 Å². The van der Waals surface area contributed by atoms with Crippen molar-refractivity contribution in [2.45, 2.75) is 0 Å². The first-order valence-electron chi connectivity index (χ1n) is 6.06. The molecule has 0 aliphatic heterocycles. The first kappa shape index (κ1) is 14.2. The van der Waals surface area contributed by atoms with Crippen molar-refractivity contribution >= 4 is 38.4 Å². The fourth-order valence-corrected chi connectivity index (χ4v) is 2.66. The maximum absolute atomic E-state index is 14.1. The van der Waals surface area contributed by atoms with Gasteiger partial charge >= 0.3 is 0 Å². The Morgan fingerprint density at radius 2 is 2.00 bits per heavy atom. The summed E-state index contributed by atoms with van der Waals surface area (Å²) in [6, 6.07) is 10.0. The molecule has 0 spiro atoms. The number of methoxy groups -OCH3 is 1. The Balaban J connectivity index is 2.31. The van der Waals surface area contributed by atoms with E-state index in [2.05, 4.69) is 25.9 Å². The molecule has 1 heterocycles. The Morgan fingerprint density at radius 1 is 1.19 bits per heavy atom. The van der Waals surface area contributed by atoms with Crippen molar-refractivity contribution in [3.8, 4) is 17.1 Å². The van der Waals surface area contributed by atoms with Crippen molar-refractivity contribution in [3.63, 3.8) is 0 Å². The van der Waals surface area contributed by atoms with Crippen LogP contribution in [0, 0.1) is 5.82 Å². The van der Waals surface area contributed by atoms with Crippen molar-refractivity contribution in [2.75, 3.05) is 7.11 Å². The summed E-state index contributed by atoms with van der Waals surface area (Å²) in [7, 11) is 1.47.